The minimum absolute atomic E-state index is 1.02. The van der Waals surface area contributed by atoms with Gasteiger partial charge in [0.2, 0.25) is 0 Å². The van der Waals surface area contributed by atoms with Crippen molar-refractivity contribution >= 4 is 49.8 Å². The van der Waals surface area contributed by atoms with Crippen LogP contribution in [0.3, 0.4) is 0 Å². The average molecular weight is 385 g/mol. The SMILES string of the molecule is CN=c1ccc2nc3ccc(NC)cc3sc-2c1[131I]. The van der Waals surface area contributed by atoms with Crippen LogP contribution in [0.15, 0.2) is 35.3 Å². The Balaban J connectivity index is 2.40. The molecule has 2 aliphatic rings. The number of rotatable bonds is 1. The summed E-state index contributed by atoms with van der Waals surface area (Å²) in [6.07, 6.45) is 0. The lowest BCUT2D eigenvalue weighted by Gasteiger charge is -2.09. The Labute approximate surface area is 128 Å². The Kier molecular flexibility index (Phi) is 3.40. The van der Waals surface area contributed by atoms with Crippen molar-refractivity contribution in [2.24, 2.45) is 4.99 Å². The number of fused-ring (bicyclic) bond motifs is 2. The molecule has 19 heavy (non-hydrogen) atoms. The van der Waals surface area contributed by atoms with E-state index in [1.165, 1.54) is 13.1 Å². The van der Waals surface area contributed by atoms with Gasteiger partial charge in [0.15, 0.2) is 0 Å². The number of nitrogens with one attached hydrogen (secondary N) is 1. The molecule has 1 aliphatic heterocycles. The molecule has 96 valence electrons. The van der Waals surface area contributed by atoms with Crippen LogP contribution in [0.25, 0.3) is 20.8 Å². The molecule has 1 N–H and O–H groups in total. The van der Waals surface area contributed by atoms with Gasteiger partial charge in [0.25, 0.3) is 0 Å². The largest absolute Gasteiger partial charge is 0.388 e. The molecule has 1 aromatic rings. The number of halogens is 1. The van der Waals surface area contributed by atoms with Crippen LogP contribution in [-0.2, 0) is 0 Å². The molecule has 3 rings (SSSR count). The zero-order valence-corrected chi connectivity index (χ0v) is 13.5. The molecule has 0 bridgehead atoms. The predicted molar refractivity (Wildman–Crippen MR) is 90.0 cm³/mol. The number of nitrogens with zero attached hydrogens (tertiary/aromatic N) is 2. The molecule has 0 saturated carbocycles. The van der Waals surface area contributed by atoms with E-state index in [4.69, 9.17) is 4.98 Å². The summed E-state index contributed by atoms with van der Waals surface area (Å²) in [7, 11) is 3.75. The topological polar surface area (TPSA) is 37.3 Å². The molecule has 3 nitrogen and oxygen atoms in total. The van der Waals surface area contributed by atoms with Crippen molar-refractivity contribution in [2.75, 3.05) is 19.4 Å². The van der Waals surface area contributed by atoms with Crippen LogP contribution in [0.5, 0.6) is 0 Å². The molecule has 1 aliphatic carbocycles. The molecule has 0 saturated heterocycles. The number of anilines is 1. The molecule has 1 aromatic carbocycles. The van der Waals surface area contributed by atoms with Crippen molar-refractivity contribution in [2.45, 2.75) is 0 Å². The smallest absolute Gasteiger partial charge is 0.0822 e. The van der Waals surface area contributed by atoms with Crippen molar-refractivity contribution in [3.8, 4) is 10.6 Å². The fraction of sp³-hybridized carbons (Fsp3) is 0.143. The fourth-order valence-corrected chi connectivity index (χ4v) is 4.04. The summed E-state index contributed by atoms with van der Waals surface area (Å²) in [5, 5.41) is 4.19. The summed E-state index contributed by atoms with van der Waals surface area (Å²) in [6, 6.07) is 10.3. The molecule has 0 spiro atoms. The maximum atomic E-state index is 4.73. The third-order valence-electron chi connectivity index (χ3n) is 3.00. The first kappa shape index (κ1) is 12.8. The third kappa shape index (κ3) is 2.21. The minimum atomic E-state index is 1.02. The van der Waals surface area contributed by atoms with Gasteiger partial charge in [-0.05, 0) is 52.9 Å². The Morgan fingerprint density at radius 1 is 1.26 bits per heavy atom. The summed E-state index contributed by atoms with van der Waals surface area (Å²) < 4.78 is 2.36. The Bertz CT molecular complexity index is 794. The summed E-state index contributed by atoms with van der Waals surface area (Å²) in [4.78, 5) is 10.2. The quantitative estimate of drug-likeness (QED) is 0.514. The molecule has 0 radical (unpaired) electrons. The van der Waals surface area contributed by atoms with Crippen LogP contribution >= 0.6 is 33.9 Å². The number of aromatic nitrogens is 1. The molecule has 1 heterocycles. The molecule has 0 fully saturated rings. The van der Waals surface area contributed by atoms with E-state index in [1.54, 1.807) is 11.3 Å². The van der Waals surface area contributed by atoms with Gasteiger partial charge in [-0.2, -0.15) is 0 Å². The zero-order chi connectivity index (χ0) is 13.4. The first-order valence-corrected chi connectivity index (χ1v) is 7.76. The van der Waals surface area contributed by atoms with Crippen LogP contribution in [0, 0.1) is 3.57 Å². The predicted octanol–water partition coefficient (Wildman–Crippen LogP) is 3.58. The van der Waals surface area contributed by atoms with E-state index < -0.39 is 0 Å². The summed E-state index contributed by atoms with van der Waals surface area (Å²) in [6.45, 7) is 0. The van der Waals surface area contributed by atoms with Crippen LogP contribution in [0.2, 0.25) is 0 Å². The van der Waals surface area contributed by atoms with Crippen molar-refractivity contribution in [1.29, 1.82) is 0 Å². The van der Waals surface area contributed by atoms with Gasteiger partial charge in [0.05, 0.1) is 29.7 Å². The van der Waals surface area contributed by atoms with E-state index in [0.717, 1.165) is 22.3 Å². The molecule has 0 aromatic heterocycles. The molecule has 0 unspecified atom stereocenters. The Morgan fingerprint density at radius 3 is 2.84 bits per heavy atom. The normalized spacial score (nSPS) is 12.3. The van der Waals surface area contributed by atoms with E-state index in [1.807, 2.05) is 26.2 Å². The Hall–Kier alpha value is -1.21. The highest BCUT2D eigenvalue weighted by Crippen LogP contribution is 2.33. The highest BCUT2D eigenvalue weighted by Gasteiger charge is 2.12. The van der Waals surface area contributed by atoms with Gasteiger partial charge in [-0.25, -0.2) is 4.98 Å². The lowest BCUT2D eigenvalue weighted by molar-refractivity contribution is 1.24. The second-order valence-electron chi connectivity index (χ2n) is 4.12. The van der Waals surface area contributed by atoms with Crippen LogP contribution < -0.4 is 10.7 Å². The van der Waals surface area contributed by atoms with E-state index in [9.17, 15) is 0 Å². The maximum Gasteiger partial charge on any atom is 0.0822 e. The second-order valence-corrected chi connectivity index (χ2v) is 6.25. The molecular weight excluding hydrogens is 373 g/mol. The molecule has 0 amide bonds. The Morgan fingerprint density at radius 2 is 2.11 bits per heavy atom. The monoisotopic (exact) mass is 385 g/mol. The van der Waals surface area contributed by atoms with Gasteiger partial charge in [-0.15, -0.1) is 11.3 Å². The number of benzene rings is 2. The first-order chi connectivity index (χ1) is 9.22. The van der Waals surface area contributed by atoms with Crippen molar-refractivity contribution in [3.63, 3.8) is 0 Å². The molecule has 5 heteroatoms. The summed E-state index contributed by atoms with van der Waals surface area (Å²) >= 11 is 4.12. The number of hydrogen-bond acceptors (Lipinski definition) is 4. The van der Waals surface area contributed by atoms with Gasteiger partial charge >= 0.3 is 0 Å². The lowest BCUT2D eigenvalue weighted by Crippen LogP contribution is -2.08. The van der Waals surface area contributed by atoms with Crippen molar-refractivity contribution in [3.05, 3.63) is 39.3 Å². The molecular formula is C14H12IN3S. The molecule has 0 atom stereocenters. The van der Waals surface area contributed by atoms with E-state index in [0.29, 0.717) is 0 Å². The van der Waals surface area contributed by atoms with Gasteiger partial charge in [0, 0.05) is 19.8 Å². The highest BCUT2D eigenvalue weighted by molar-refractivity contribution is 14.1. The fourth-order valence-electron chi connectivity index (χ4n) is 1.98. The minimum Gasteiger partial charge on any atom is -0.388 e. The van der Waals surface area contributed by atoms with E-state index in [2.05, 4.69) is 51.1 Å². The van der Waals surface area contributed by atoms with Gasteiger partial charge < -0.3 is 5.32 Å². The van der Waals surface area contributed by atoms with Crippen molar-refractivity contribution < 1.29 is 0 Å². The number of hydrogen-bond donors (Lipinski definition) is 1. The second kappa shape index (κ2) is 5.05. The van der Waals surface area contributed by atoms with Crippen molar-refractivity contribution in [1.82, 2.24) is 4.98 Å². The van der Waals surface area contributed by atoms with E-state index in [-0.39, 0.29) is 0 Å². The van der Waals surface area contributed by atoms with Crippen LogP contribution in [-0.4, -0.2) is 19.1 Å². The standard InChI is InChI=1S/C14H12IN3S/c1-16-8-3-4-9-12(7-8)19-14-11(18-9)6-5-10(17-2)13(14)15/h3-7,16H,1-2H3/i15+4. The van der Waals surface area contributed by atoms with Gasteiger partial charge in [-0.1, -0.05) is 0 Å². The average Bonchev–Trinajstić information content (AvgIpc) is 2.45. The third-order valence-corrected chi connectivity index (χ3v) is 5.62. The van der Waals surface area contributed by atoms with Crippen LogP contribution in [0.4, 0.5) is 5.69 Å². The first-order valence-electron chi connectivity index (χ1n) is 5.86. The van der Waals surface area contributed by atoms with Crippen LogP contribution in [0.1, 0.15) is 0 Å². The van der Waals surface area contributed by atoms with E-state index >= 15 is 0 Å². The zero-order valence-electron chi connectivity index (χ0n) is 10.6. The van der Waals surface area contributed by atoms with Gasteiger partial charge in [-0.3, -0.25) is 4.99 Å². The highest BCUT2D eigenvalue weighted by atomic mass is 131. The summed E-state index contributed by atoms with van der Waals surface area (Å²) in [5.74, 6) is 0. The summed E-state index contributed by atoms with van der Waals surface area (Å²) in [5.41, 5.74) is 3.18. The lowest BCUT2D eigenvalue weighted by atomic mass is 10.2. The maximum absolute atomic E-state index is 4.73. The van der Waals surface area contributed by atoms with Gasteiger partial charge in [0.1, 0.15) is 0 Å².